The molecule has 0 fully saturated rings. The van der Waals surface area contributed by atoms with Crippen LogP contribution in [0.25, 0.3) is 0 Å². The summed E-state index contributed by atoms with van der Waals surface area (Å²) in [5.41, 5.74) is 3.15. The third-order valence-corrected chi connectivity index (χ3v) is 2.81. The first kappa shape index (κ1) is 7.85. The van der Waals surface area contributed by atoms with Gasteiger partial charge in [-0.3, -0.25) is 0 Å². The predicted molar refractivity (Wildman–Crippen MR) is 52.1 cm³/mol. The highest BCUT2D eigenvalue weighted by molar-refractivity contribution is 5.34. The number of rotatable bonds is 2. The Morgan fingerprint density at radius 2 is 2.17 bits per heavy atom. The molecule has 1 aromatic rings. The molecule has 0 saturated carbocycles. The van der Waals surface area contributed by atoms with Gasteiger partial charge in [0.1, 0.15) is 0 Å². The lowest BCUT2D eigenvalue weighted by Gasteiger charge is -2.08. The number of benzene rings is 1. The molecule has 0 amide bonds. The van der Waals surface area contributed by atoms with Crippen LogP contribution >= 0.6 is 0 Å². The Balaban J connectivity index is 2.24. The SMILES string of the molecule is [CH2]CCC1CCc2ccccc21. The van der Waals surface area contributed by atoms with Crippen LogP contribution in [0.1, 0.15) is 36.3 Å². The molecule has 1 aliphatic rings. The molecule has 1 aliphatic carbocycles. The second-order valence-corrected chi connectivity index (χ2v) is 3.58. The molecule has 12 heavy (non-hydrogen) atoms. The van der Waals surface area contributed by atoms with E-state index < -0.39 is 0 Å². The van der Waals surface area contributed by atoms with Crippen LogP contribution in [0.4, 0.5) is 0 Å². The van der Waals surface area contributed by atoms with Crippen LogP contribution in [-0.2, 0) is 6.42 Å². The molecule has 1 unspecified atom stereocenters. The van der Waals surface area contributed by atoms with Crippen LogP contribution in [-0.4, -0.2) is 0 Å². The zero-order valence-electron chi connectivity index (χ0n) is 7.42. The molecule has 1 aromatic carbocycles. The van der Waals surface area contributed by atoms with E-state index in [9.17, 15) is 0 Å². The van der Waals surface area contributed by atoms with Crippen LogP contribution < -0.4 is 0 Å². The van der Waals surface area contributed by atoms with Crippen molar-refractivity contribution in [2.45, 2.75) is 31.6 Å². The van der Waals surface area contributed by atoms with Crippen molar-refractivity contribution in [3.05, 3.63) is 42.3 Å². The van der Waals surface area contributed by atoms with Crippen molar-refractivity contribution in [2.24, 2.45) is 0 Å². The highest BCUT2D eigenvalue weighted by Crippen LogP contribution is 2.35. The average molecular weight is 159 g/mol. The first-order chi connectivity index (χ1) is 5.92. The van der Waals surface area contributed by atoms with Gasteiger partial charge in [-0.1, -0.05) is 37.6 Å². The minimum absolute atomic E-state index is 0.804. The Hall–Kier alpha value is -0.780. The normalized spacial score (nSPS) is 20.9. The van der Waals surface area contributed by atoms with Crippen molar-refractivity contribution < 1.29 is 0 Å². The van der Waals surface area contributed by atoms with Gasteiger partial charge in [-0.05, 0) is 36.3 Å². The summed E-state index contributed by atoms with van der Waals surface area (Å²) in [5, 5.41) is 0. The largest absolute Gasteiger partial charge is 0.0620 e. The molecule has 2 rings (SSSR count). The Kier molecular flexibility index (Phi) is 2.16. The molecule has 0 saturated heterocycles. The quantitative estimate of drug-likeness (QED) is 0.621. The van der Waals surface area contributed by atoms with E-state index in [1.807, 2.05) is 0 Å². The zero-order valence-corrected chi connectivity index (χ0v) is 7.42. The minimum atomic E-state index is 0.804. The van der Waals surface area contributed by atoms with E-state index in [1.165, 1.54) is 19.3 Å². The molecule has 0 bridgehead atoms. The molecular formula is C12H15. The van der Waals surface area contributed by atoms with Gasteiger partial charge >= 0.3 is 0 Å². The van der Waals surface area contributed by atoms with Gasteiger partial charge in [-0.2, -0.15) is 0 Å². The standard InChI is InChI=1S/C12H15/c1-2-5-10-8-9-11-6-3-4-7-12(10)11/h3-4,6-7,10H,1-2,5,8-9H2. The van der Waals surface area contributed by atoms with Gasteiger partial charge in [0.05, 0.1) is 0 Å². The lowest BCUT2D eigenvalue weighted by atomic mass is 9.97. The van der Waals surface area contributed by atoms with E-state index in [0.717, 1.165) is 12.3 Å². The van der Waals surface area contributed by atoms with E-state index >= 15 is 0 Å². The maximum atomic E-state index is 3.92. The Bertz CT molecular complexity index is 260. The molecular weight excluding hydrogens is 144 g/mol. The van der Waals surface area contributed by atoms with Crippen LogP contribution in [0.5, 0.6) is 0 Å². The van der Waals surface area contributed by atoms with Gasteiger partial charge in [0, 0.05) is 0 Å². The number of fused-ring (bicyclic) bond motifs is 1. The minimum Gasteiger partial charge on any atom is -0.0620 e. The average Bonchev–Trinajstić information content (AvgIpc) is 2.50. The molecule has 63 valence electrons. The monoisotopic (exact) mass is 159 g/mol. The first-order valence-corrected chi connectivity index (χ1v) is 4.79. The third kappa shape index (κ3) is 1.26. The molecule has 1 atom stereocenters. The first-order valence-electron chi connectivity index (χ1n) is 4.79. The van der Waals surface area contributed by atoms with E-state index in [0.29, 0.717) is 0 Å². The second kappa shape index (κ2) is 3.30. The molecule has 0 N–H and O–H groups in total. The molecule has 0 spiro atoms. The van der Waals surface area contributed by atoms with Crippen molar-refractivity contribution in [3.8, 4) is 0 Å². The lowest BCUT2D eigenvalue weighted by molar-refractivity contribution is 0.625. The third-order valence-electron chi connectivity index (χ3n) is 2.81. The highest BCUT2D eigenvalue weighted by atomic mass is 14.2. The summed E-state index contributed by atoms with van der Waals surface area (Å²) in [4.78, 5) is 0. The summed E-state index contributed by atoms with van der Waals surface area (Å²) < 4.78 is 0. The van der Waals surface area contributed by atoms with Gasteiger partial charge in [0.15, 0.2) is 0 Å². The van der Waals surface area contributed by atoms with Gasteiger partial charge in [-0.15, -0.1) is 0 Å². The van der Waals surface area contributed by atoms with Gasteiger partial charge in [0.25, 0.3) is 0 Å². The summed E-state index contributed by atoms with van der Waals surface area (Å²) >= 11 is 0. The second-order valence-electron chi connectivity index (χ2n) is 3.58. The van der Waals surface area contributed by atoms with Gasteiger partial charge < -0.3 is 0 Å². The van der Waals surface area contributed by atoms with E-state index in [1.54, 1.807) is 11.1 Å². The Morgan fingerprint density at radius 3 is 3.00 bits per heavy atom. The van der Waals surface area contributed by atoms with Crippen molar-refractivity contribution in [1.29, 1.82) is 0 Å². The van der Waals surface area contributed by atoms with Crippen LogP contribution in [0.15, 0.2) is 24.3 Å². The molecule has 0 nitrogen and oxygen atoms in total. The van der Waals surface area contributed by atoms with Crippen LogP contribution in [0.2, 0.25) is 0 Å². The zero-order chi connectivity index (χ0) is 8.39. The number of hydrogen-bond donors (Lipinski definition) is 0. The van der Waals surface area contributed by atoms with E-state index in [2.05, 4.69) is 31.2 Å². The Morgan fingerprint density at radius 1 is 1.33 bits per heavy atom. The smallest absolute Gasteiger partial charge is 0.0156 e. The number of aryl methyl sites for hydroxylation is 1. The topological polar surface area (TPSA) is 0 Å². The molecule has 0 heteroatoms. The van der Waals surface area contributed by atoms with Crippen molar-refractivity contribution in [2.75, 3.05) is 0 Å². The molecule has 1 radical (unpaired) electrons. The fraction of sp³-hybridized carbons (Fsp3) is 0.417. The predicted octanol–water partition coefficient (Wildman–Crippen LogP) is 3.33. The van der Waals surface area contributed by atoms with Crippen LogP contribution in [0.3, 0.4) is 0 Å². The fourth-order valence-electron chi connectivity index (χ4n) is 2.19. The summed E-state index contributed by atoms with van der Waals surface area (Å²) in [6.45, 7) is 3.92. The lowest BCUT2D eigenvalue weighted by Crippen LogP contribution is -1.91. The summed E-state index contributed by atoms with van der Waals surface area (Å²) in [5.74, 6) is 0.804. The van der Waals surface area contributed by atoms with Crippen molar-refractivity contribution in [3.63, 3.8) is 0 Å². The molecule has 0 aliphatic heterocycles. The Labute approximate surface area is 74.6 Å². The van der Waals surface area contributed by atoms with Crippen molar-refractivity contribution in [1.82, 2.24) is 0 Å². The fourth-order valence-corrected chi connectivity index (χ4v) is 2.19. The highest BCUT2D eigenvalue weighted by Gasteiger charge is 2.20. The summed E-state index contributed by atoms with van der Waals surface area (Å²) in [6, 6.07) is 8.84. The maximum absolute atomic E-state index is 3.92. The van der Waals surface area contributed by atoms with Crippen molar-refractivity contribution >= 4 is 0 Å². The molecule has 0 aromatic heterocycles. The summed E-state index contributed by atoms with van der Waals surface area (Å²) in [7, 11) is 0. The number of hydrogen-bond acceptors (Lipinski definition) is 0. The van der Waals surface area contributed by atoms with E-state index in [4.69, 9.17) is 0 Å². The maximum Gasteiger partial charge on any atom is -0.0156 e. The van der Waals surface area contributed by atoms with Gasteiger partial charge in [-0.25, -0.2) is 0 Å². The molecule has 0 heterocycles. The van der Waals surface area contributed by atoms with E-state index in [-0.39, 0.29) is 0 Å². The summed E-state index contributed by atoms with van der Waals surface area (Å²) in [6.07, 6.45) is 4.95. The van der Waals surface area contributed by atoms with Crippen LogP contribution in [0, 0.1) is 6.92 Å². The van der Waals surface area contributed by atoms with Gasteiger partial charge in [0.2, 0.25) is 0 Å².